The summed E-state index contributed by atoms with van der Waals surface area (Å²) in [6.45, 7) is 1.93. The fourth-order valence-electron chi connectivity index (χ4n) is 2.78. The molecule has 2 heterocycles. The number of nitrogens with one attached hydrogen (secondary N) is 1. The number of rotatable bonds is 5. The zero-order chi connectivity index (χ0) is 17.1. The van der Waals surface area contributed by atoms with Crippen molar-refractivity contribution >= 4 is 49.3 Å². The second-order valence-electron chi connectivity index (χ2n) is 5.96. The summed E-state index contributed by atoms with van der Waals surface area (Å²) in [4.78, 5) is 11.7. The molecule has 0 spiro atoms. The highest BCUT2D eigenvalue weighted by atomic mass is 32.2. The van der Waals surface area contributed by atoms with Gasteiger partial charge in [-0.15, -0.1) is 0 Å². The van der Waals surface area contributed by atoms with Crippen LogP contribution in [0.3, 0.4) is 0 Å². The van der Waals surface area contributed by atoms with E-state index in [1.54, 1.807) is 11.3 Å². The Morgan fingerprint density at radius 3 is 2.84 bits per heavy atom. The molecule has 0 saturated carbocycles. The molecule has 0 atom stereocenters. The first-order chi connectivity index (χ1) is 12.3. The lowest BCUT2D eigenvalue weighted by molar-refractivity contribution is 0.563. The molecular weight excluding hydrogens is 348 g/mol. The van der Waals surface area contributed by atoms with E-state index in [0.717, 1.165) is 46.8 Å². The fraction of sp³-hybridized carbons (Fsp3) is 0.263. The molecule has 1 saturated heterocycles. The number of hydrogen-bond acceptors (Lipinski definition) is 5. The number of nitrogens with zero attached hydrogens (tertiary/aromatic N) is 3. The van der Waals surface area contributed by atoms with Gasteiger partial charge in [0.15, 0.2) is 10.3 Å². The van der Waals surface area contributed by atoms with Crippen molar-refractivity contribution in [1.82, 2.24) is 9.88 Å². The van der Waals surface area contributed by atoms with Crippen LogP contribution < -0.4 is 5.32 Å². The Morgan fingerprint density at radius 2 is 2.00 bits per heavy atom. The van der Waals surface area contributed by atoms with E-state index in [0.29, 0.717) is 0 Å². The van der Waals surface area contributed by atoms with Gasteiger partial charge in [-0.2, -0.15) is 0 Å². The molecule has 1 aromatic heterocycles. The standard InChI is InChI=1S/C19H20N4S2/c1-23-12-13-24-19(23)22-15-7-3-2-6-14(15)10-11-20-18-21-16-8-4-5-9-17(16)25-18/h2-9H,10-13H2,1H3,(H,20,21)/b22-19+. The van der Waals surface area contributed by atoms with Crippen LogP contribution in [0.25, 0.3) is 10.2 Å². The monoisotopic (exact) mass is 368 g/mol. The number of benzene rings is 2. The molecule has 0 amide bonds. The smallest absolute Gasteiger partial charge is 0.183 e. The molecular formula is C19H20N4S2. The molecule has 4 nitrogen and oxygen atoms in total. The summed E-state index contributed by atoms with van der Waals surface area (Å²) in [5.74, 6) is 1.12. The molecule has 0 aliphatic carbocycles. The Kier molecular flexibility index (Phi) is 4.90. The average Bonchev–Trinajstić information content (AvgIpc) is 3.22. The molecule has 3 aromatic rings. The molecule has 6 heteroatoms. The third-order valence-corrected chi connectivity index (χ3v) is 6.20. The first-order valence-electron chi connectivity index (χ1n) is 8.39. The number of thiazole rings is 1. The lowest BCUT2D eigenvalue weighted by Crippen LogP contribution is -2.17. The van der Waals surface area contributed by atoms with Crippen molar-refractivity contribution in [2.24, 2.45) is 4.99 Å². The zero-order valence-corrected chi connectivity index (χ0v) is 15.7. The number of thioether (sulfide) groups is 1. The van der Waals surface area contributed by atoms with Gasteiger partial charge < -0.3 is 10.2 Å². The molecule has 25 heavy (non-hydrogen) atoms. The third kappa shape index (κ3) is 3.80. The predicted molar refractivity (Wildman–Crippen MR) is 110 cm³/mol. The Hall–Kier alpha value is -2.05. The molecule has 2 aromatic carbocycles. The zero-order valence-electron chi connectivity index (χ0n) is 14.1. The van der Waals surface area contributed by atoms with Gasteiger partial charge in [0.05, 0.1) is 15.9 Å². The van der Waals surface area contributed by atoms with E-state index in [1.807, 2.05) is 17.8 Å². The van der Waals surface area contributed by atoms with Gasteiger partial charge in [0.25, 0.3) is 0 Å². The van der Waals surface area contributed by atoms with E-state index in [-0.39, 0.29) is 0 Å². The van der Waals surface area contributed by atoms with Gasteiger partial charge in [0.2, 0.25) is 0 Å². The molecule has 4 rings (SSSR count). The highest BCUT2D eigenvalue weighted by Gasteiger charge is 2.15. The number of fused-ring (bicyclic) bond motifs is 1. The van der Waals surface area contributed by atoms with Crippen LogP contribution in [-0.4, -0.2) is 40.9 Å². The summed E-state index contributed by atoms with van der Waals surface area (Å²) in [6, 6.07) is 16.7. The minimum atomic E-state index is 0.852. The third-order valence-electron chi connectivity index (χ3n) is 4.16. The van der Waals surface area contributed by atoms with E-state index in [1.165, 1.54) is 10.3 Å². The van der Waals surface area contributed by atoms with E-state index in [2.05, 4.69) is 64.7 Å². The van der Waals surface area contributed by atoms with Crippen LogP contribution in [0.15, 0.2) is 53.5 Å². The lowest BCUT2D eigenvalue weighted by atomic mass is 10.1. The van der Waals surface area contributed by atoms with Crippen LogP contribution in [0.2, 0.25) is 0 Å². The summed E-state index contributed by atoms with van der Waals surface area (Å²) in [7, 11) is 2.11. The van der Waals surface area contributed by atoms with Gasteiger partial charge >= 0.3 is 0 Å². The van der Waals surface area contributed by atoms with Crippen LogP contribution >= 0.6 is 23.1 Å². The molecule has 0 radical (unpaired) electrons. The Morgan fingerprint density at radius 1 is 1.16 bits per heavy atom. The molecule has 1 aliphatic heterocycles. The second-order valence-corrected chi connectivity index (χ2v) is 8.05. The van der Waals surface area contributed by atoms with Gasteiger partial charge in [-0.25, -0.2) is 9.98 Å². The van der Waals surface area contributed by atoms with Crippen molar-refractivity contribution in [1.29, 1.82) is 0 Å². The molecule has 1 aliphatic rings. The quantitative estimate of drug-likeness (QED) is 0.713. The topological polar surface area (TPSA) is 40.5 Å². The molecule has 1 fully saturated rings. The van der Waals surface area contributed by atoms with Crippen molar-refractivity contribution < 1.29 is 0 Å². The maximum Gasteiger partial charge on any atom is 0.183 e. The fourth-order valence-corrected chi connectivity index (χ4v) is 4.70. The molecule has 128 valence electrons. The highest BCUT2D eigenvalue weighted by molar-refractivity contribution is 8.14. The van der Waals surface area contributed by atoms with Gasteiger partial charge in [-0.05, 0) is 30.2 Å². The first kappa shape index (κ1) is 16.4. The maximum atomic E-state index is 4.86. The van der Waals surface area contributed by atoms with Crippen LogP contribution in [0.5, 0.6) is 0 Å². The number of anilines is 1. The summed E-state index contributed by atoms with van der Waals surface area (Å²) in [5, 5.41) is 5.56. The Bertz CT molecular complexity index is 870. The number of hydrogen-bond donors (Lipinski definition) is 1. The van der Waals surface area contributed by atoms with Gasteiger partial charge in [-0.1, -0.05) is 53.4 Å². The van der Waals surface area contributed by atoms with E-state index in [9.17, 15) is 0 Å². The van der Waals surface area contributed by atoms with Crippen LogP contribution in [0, 0.1) is 0 Å². The summed E-state index contributed by atoms with van der Waals surface area (Å²) in [6.07, 6.45) is 0.928. The summed E-state index contributed by atoms with van der Waals surface area (Å²) in [5.41, 5.74) is 3.40. The predicted octanol–water partition coefficient (Wildman–Crippen LogP) is 4.62. The van der Waals surface area contributed by atoms with E-state index in [4.69, 9.17) is 4.99 Å². The molecule has 0 unspecified atom stereocenters. The Balaban J connectivity index is 1.44. The van der Waals surface area contributed by atoms with Crippen molar-refractivity contribution in [3.8, 4) is 0 Å². The highest BCUT2D eigenvalue weighted by Crippen LogP contribution is 2.27. The van der Waals surface area contributed by atoms with Gasteiger partial charge in [0, 0.05) is 25.9 Å². The van der Waals surface area contributed by atoms with Crippen LogP contribution in [0.1, 0.15) is 5.56 Å². The number of aromatic nitrogens is 1. The largest absolute Gasteiger partial charge is 0.361 e. The van der Waals surface area contributed by atoms with Crippen LogP contribution in [0.4, 0.5) is 10.8 Å². The first-order valence-corrected chi connectivity index (χ1v) is 10.2. The minimum Gasteiger partial charge on any atom is -0.361 e. The SMILES string of the molecule is CN1CCS/C1=N/c1ccccc1CCNc1nc2ccccc2s1. The van der Waals surface area contributed by atoms with Crippen molar-refractivity contribution in [3.05, 3.63) is 54.1 Å². The average molecular weight is 369 g/mol. The summed E-state index contributed by atoms with van der Waals surface area (Å²) < 4.78 is 1.22. The van der Waals surface area contributed by atoms with Crippen molar-refractivity contribution in [2.75, 3.05) is 31.2 Å². The number of amidine groups is 1. The lowest BCUT2D eigenvalue weighted by Gasteiger charge is -2.11. The molecule has 0 bridgehead atoms. The van der Waals surface area contributed by atoms with Crippen molar-refractivity contribution in [3.63, 3.8) is 0 Å². The summed E-state index contributed by atoms with van der Waals surface area (Å²) >= 11 is 3.53. The van der Waals surface area contributed by atoms with E-state index < -0.39 is 0 Å². The van der Waals surface area contributed by atoms with E-state index >= 15 is 0 Å². The number of aliphatic imine (C=N–C) groups is 1. The second kappa shape index (κ2) is 7.45. The molecule has 1 N–H and O–H groups in total. The number of para-hydroxylation sites is 2. The van der Waals surface area contributed by atoms with Crippen LogP contribution in [-0.2, 0) is 6.42 Å². The Labute approximate surface area is 156 Å². The minimum absolute atomic E-state index is 0.852. The maximum absolute atomic E-state index is 4.86. The van der Waals surface area contributed by atoms with Gasteiger partial charge in [0.1, 0.15) is 0 Å². The van der Waals surface area contributed by atoms with Gasteiger partial charge in [-0.3, -0.25) is 0 Å². The normalized spacial score (nSPS) is 16.0. The van der Waals surface area contributed by atoms with Crippen molar-refractivity contribution in [2.45, 2.75) is 6.42 Å².